The van der Waals surface area contributed by atoms with Crippen LogP contribution in [0.25, 0.3) is 10.9 Å². The van der Waals surface area contributed by atoms with Crippen molar-refractivity contribution in [2.24, 2.45) is 17.8 Å². The number of nitrogens with zero attached hydrogens (tertiary/aromatic N) is 2. The molecule has 3 heterocycles. The summed E-state index contributed by atoms with van der Waals surface area (Å²) in [5, 5.41) is 15.2. The van der Waals surface area contributed by atoms with Gasteiger partial charge in [-0.1, -0.05) is 6.07 Å². The number of halogens is 3. The first kappa shape index (κ1) is 24.2. The molecule has 190 valence electrons. The minimum Gasteiger partial charge on any atom is -0.356 e. The smallest absolute Gasteiger partial charge is 0.271 e. The van der Waals surface area contributed by atoms with E-state index in [1.807, 2.05) is 6.07 Å². The van der Waals surface area contributed by atoms with Crippen LogP contribution in [-0.2, 0) is 9.59 Å². The minimum atomic E-state index is -2.94. The van der Waals surface area contributed by atoms with E-state index in [9.17, 15) is 32.8 Å². The molecule has 11 heteroatoms. The van der Waals surface area contributed by atoms with Crippen LogP contribution in [0.15, 0.2) is 24.3 Å². The molecule has 1 saturated carbocycles. The molecule has 5 atom stereocenters. The second-order valence-corrected chi connectivity index (χ2v) is 10.0. The predicted molar refractivity (Wildman–Crippen MR) is 122 cm³/mol. The summed E-state index contributed by atoms with van der Waals surface area (Å²) in [5.74, 6) is -6.72. The Bertz CT molecular complexity index is 1260. The van der Waals surface area contributed by atoms with E-state index in [0.717, 1.165) is 6.42 Å². The van der Waals surface area contributed by atoms with E-state index in [1.165, 1.54) is 23.1 Å². The molecule has 36 heavy (non-hydrogen) atoms. The summed E-state index contributed by atoms with van der Waals surface area (Å²) in [6.45, 7) is 0.518. The van der Waals surface area contributed by atoms with Gasteiger partial charge in [-0.25, -0.2) is 13.2 Å². The molecule has 3 N–H and O–H groups in total. The Morgan fingerprint density at radius 1 is 1.31 bits per heavy atom. The highest BCUT2D eigenvalue weighted by Crippen LogP contribution is 2.50. The Balaban J connectivity index is 1.39. The van der Waals surface area contributed by atoms with Crippen LogP contribution in [0, 0.1) is 34.9 Å². The van der Waals surface area contributed by atoms with Crippen LogP contribution in [0.4, 0.5) is 13.2 Å². The van der Waals surface area contributed by atoms with E-state index >= 15 is 0 Å². The molecule has 2 aliphatic heterocycles. The molecule has 5 rings (SSSR count). The lowest BCUT2D eigenvalue weighted by molar-refractivity contribution is -0.129. The maximum Gasteiger partial charge on any atom is 0.271 e. The number of hydrogen-bond donors (Lipinski definition) is 3. The van der Waals surface area contributed by atoms with Gasteiger partial charge in [0.05, 0.1) is 6.07 Å². The van der Waals surface area contributed by atoms with Crippen molar-refractivity contribution in [2.45, 2.75) is 50.1 Å². The van der Waals surface area contributed by atoms with Crippen molar-refractivity contribution >= 4 is 28.6 Å². The summed E-state index contributed by atoms with van der Waals surface area (Å²) in [4.78, 5) is 43.0. The Morgan fingerprint density at radius 3 is 2.83 bits per heavy atom. The van der Waals surface area contributed by atoms with Gasteiger partial charge in [0.2, 0.25) is 17.7 Å². The second kappa shape index (κ2) is 9.15. The van der Waals surface area contributed by atoms with Crippen LogP contribution in [0.1, 0.15) is 42.6 Å². The lowest BCUT2D eigenvalue weighted by Crippen LogP contribution is -2.52. The van der Waals surface area contributed by atoms with Crippen molar-refractivity contribution in [1.82, 2.24) is 20.5 Å². The molecule has 2 aromatic rings. The molecule has 0 radical (unpaired) electrons. The van der Waals surface area contributed by atoms with Gasteiger partial charge in [0.1, 0.15) is 23.6 Å². The van der Waals surface area contributed by atoms with E-state index in [-0.39, 0.29) is 30.0 Å². The van der Waals surface area contributed by atoms with Crippen LogP contribution in [-0.4, -0.2) is 58.7 Å². The first-order valence-corrected chi connectivity index (χ1v) is 12.1. The average molecular weight is 502 g/mol. The van der Waals surface area contributed by atoms with Crippen molar-refractivity contribution in [3.63, 3.8) is 0 Å². The number of benzene rings is 1. The van der Waals surface area contributed by atoms with Gasteiger partial charge in [-0.2, -0.15) is 5.26 Å². The van der Waals surface area contributed by atoms with Gasteiger partial charge in [-0.15, -0.1) is 0 Å². The number of carbonyl (C=O) groups is 3. The third-order valence-corrected chi connectivity index (χ3v) is 7.64. The average Bonchev–Trinajstić information content (AvgIpc) is 3.49. The van der Waals surface area contributed by atoms with Gasteiger partial charge in [0.15, 0.2) is 0 Å². The summed E-state index contributed by atoms with van der Waals surface area (Å²) in [6.07, 6.45) is 0.471. The normalized spacial score (nSPS) is 27.8. The molecule has 3 aliphatic rings. The number of alkyl halides is 2. The number of rotatable bonds is 5. The zero-order valence-electron chi connectivity index (χ0n) is 19.4. The molecule has 0 unspecified atom stereocenters. The van der Waals surface area contributed by atoms with Crippen molar-refractivity contribution < 1.29 is 27.6 Å². The summed E-state index contributed by atoms with van der Waals surface area (Å²) >= 11 is 0. The molecule has 3 fully saturated rings. The van der Waals surface area contributed by atoms with Crippen molar-refractivity contribution in [3.8, 4) is 6.07 Å². The first-order valence-electron chi connectivity index (χ1n) is 12.1. The SMILES string of the molecule is N#C[C@H](C[C@H]1CCCNC1=O)NC(=O)[C@H]1[C@@H]2CC(F)(F)C[C@@H]2CN1C(=O)c1cc2c(F)cccc2[nH]1. The van der Waals surface area contributed by atoms with Crippen LogP contribution in [0.5, 0.6) is 0 Å². The van der Waals surface area contributed by atoms with Crippen LogP contribution in [0.2, 0.25) is 0 Å². The van der Waals surface area contributed by atoms with Gasteiger partial charge < -0.3 is 20.5 Å². The number of nitriles is 1. The molecular weight excluding hydrogens is 475 g/mol. The van der Waals surface area contributed by atoms with Gasteiger partial charge in [-0.05, 0) is 49.3 Å². The van der Waals surface area contributed by atoms with E-state index < -0.39 is 66.2 Å². The lowest BCUT2D eigenvalue weighted by Gasteiger charge is -2.29. The zero-order valence-corrected chi connectivity index (χ0v) is 19.4. The zero-order chi connectivity index (χ0) is 25.6. The monoisotopic (exact) mass is 501 g/mol. The van der Waals surface area contributed by atoms with E-state index in [0.29, 0.717) is 18.5 Å². The fourth-order valence-electron chi connectivity index (χ4n) is 5.98. The first-order chi connectivity index (χ1) is 17.2. The standard InChI is InChI=1S/C25H26F3N5O3/c26-18-4-1-5-19-16(18)8-20(32-19)24(36)33-12-14-9-25(27,28)10-17(14)21(33)23(35)31-15(11-29)7-13-3-2-6-30-22(13)34/h1,4-5,8,13-15,17,21,32H,2-3,6-7,9-10,12H2,(H,30,34)(H,31,35)/t13-,14-,15+,17-,21-/m1/s1. The number of hydrogen-bond acceptors (Lipinski definition) is 4. The highest BCUT2D eigenvalue weighted by Gasteiger charge is 2.58. The van der Waals surface area contributed by atoms with Crippen molar-refractivity contribution in [1.29, 1.82) is 5.26 Å². The number of piperidine rings is 1. The molecule has 0 spiro atoms. The minimum absolute atomic E-state index is 0.0444. The quantitative estimate of drug-likeness (QED) is 0.584. The van der Waals surface area contributed by atoms with Gasteiger partial charge in [-0.3, -0.25) is 14.4 Å². The lowest BCUT2D eigenvalue weighted by atomic mass is 9.90. The molecule has 0 bridgehead atoms. The van der Waals surface area contributed by atoms with Crippen molar-refractivity contribution in [3.05, 3.63) is 35.8 Å². The summed E-state index contributed by atoms with van der Waals surface area (Å²) < 4.78 is 42.6. The number of likely N-dealkylation sites (tertiary alicyclic amines) is 1. The Morgan fingerprint density at radius 2 is 2.11 bits per heavy atom. The van der Waals surface area contributed by atoms with E-state index in [2.05, 4.69) is 15.6 Å². The molecule has 2 saturated heterocycles. The van der Waals surface area contributed by atoms with Gasteiger partial charge >= 0.3 is 0 Å². The molecule has 1 aromatic heterocycles. The number of carbonyl (C=O) groups excluding carboxylic acids is 3. The second-order valence-electron chi connectivity index (χ2n) is 10.0. The fraction of sp³-hybridized carbons (Fsp3) is 0.520. The number of H-pyrrole nitrogens is 1. The van der Waals surface area contributed by atoms with Crippen LogP contribution < -0.4 is 10.6 Å². The highest BCUT2D eigenvalue weighted by atomic mass is 19.3. The maximum absolute atomic E-state index is 14.2. The number of amides is 3. The molecule has 8 nitrogen and oxygen atoms in total. The number of fused-ring (bicyclic) bond motifs is 2. The van der Waals surface area contributed by atoms with Crippen LogP contribution >= 0.6 is 0 Å². The maximum atomic E-state index is 14.2. The van der Waals surface area contributed by atoms with Gasteiger partial charge in [0, 0.05) is 42.8 Å². The van der Waals surface area contributed by atoms with Gasteiger partial charge in [0.25, 0.3) is 5.91 Å². The Hall–Kier alpha value is -3.55. The van der Waals surface area contributed by atoms with E-state index in [1.54, 1.807) is 6.07 Å². The number of aromatic amines is 1. The number of nitrogens with one attached hydrogen (secondary N) is 3. The predicted octanol–water partition coefficient (Wildman–Crippen LogP) is 2.72. The molecular formula is C25H26F3N5O3. The highest BCUT2D eigenvalue weighted by molar-refractivity contribution is 6.01. The Kier molecular flexibility index (Phi) is 6.14. The Labute approximate surface area is 205 Å². The topological polar surface area (TPSA) is 118 Å². The molecule has 3 amide bonds. The summed E-state index contributed by atoms with van der Waals surface area (Å²) in [5.41, 5.74) is 0.455. The van der Waals surface area contributed by atoms with E-state index in [4.69, 9.17) is 0 Å². The third-order valence-electron chi connectivity index (χ3n) is 7.64. The fourth-order valence-corrected chi connectivity index (χ4v) is 5.98. The summed E-state index contributed by atoms with van der Waals surface area (Å²) in [7, 11) is 0. The largest absolute Gasteiger partial charge is 0.356 e. The number of aromatic nitrogens is 1. The summed E-state index contributed by atoms with van der Waals surface area (Å²) in [6, 6.07) is 5.49. The molecule has 1 aliphatic carbocycles. The molecule has 1 aromatic carbocycles. The van der Waals surface area contributed by atoms with Crippen LogP contribution in [0.3, 0.4) is 0 Å². The van der Waals surface area contributed by atoms with Crippen molar-refractivity contribution in [2.75, 3.05) is 13.1 Å². The third kappa shape index (κ3) is 4.40.